The number of nitrogens with one attached hydrogen (secondary N) is 6. The summed E-state index contributed by atoms with van der Waals surface area (Å²) in [5.74, 6) is -4.91. The van der Waals surface area contributed by atoms with E-state index in [1.165, 1.54) is 0 Å². The molecule has 0 aliphatic rings. The van der Waals surface area contributed by atoms with E-state index in [0.29, 0.717) is 50.8 Å². The van der Waals surface area contributed by atoms with Gasteiger partial charge in [0.05, 0.1) is 6.04 Å². The normalized spacial score (nSPS) is 13.8. The van der Waals surface area contributed by atoms with Crippen LogP contribution in [0.15, 0.2) is 35.3 Å². The number of nitrogens with two attached hydrogens (primary N) is 4. The van der Waals surface area contributed by atoms with Crippen LogP contribution in [0.25, 0.3) is 0 Å². The molecule has 0 heterocycles. The maximum absolute atomic E-state index is 14.0. The summed E-state index contributed by atoms with van der Waals surface area (Å²) in [6.45, 7) is 9.39. The third-order valence-corrected chi connectivity index (χ3v) is 9.07. The number of carboxylic acids is 1. The fourth-order valence-corrected chi connectivity index (χ4v) is 5.77. The molecule has 0 spiro atoms. The van der Waals surface area contributed by atoms with E-state index < -0.39 is 77.7 Å². The molecule has 19 heteroatoms. The first-order valence-electron chi connectivity index (χ1n) is 20.3. The van der Waals surface area contributed by atoms with Gasteiger partial charge in [0, 0.05) is 24.9 Å². The second-order valence-electron chi connectivity index (χ2n) is 16.0. The van der Waals surface area contributed by atoms with Gasteiger partial charge in [0.1, 0.15) is 30.7 Å². The lowest BCUT2D eigenvalue weighted by Crippen LogP contribution is -2.59. The van der Waals surface area contributed by atoms with Crippen LogP contribution in [0.5, 0.6) is 0 Å². The van der Waals surface area contributed by atoms with Crippen LogP contribution < -0.4 is 54.8 Å². The minimum absolute atomic E-state index is 0.0494. The van der Waals surface area contributed by atoms with E-state index in [1.807, 2.05) is 34.6 Å². The lowest BCUT2D eigenvalue weighted by Gasteiger charge is -2.27. The Labute approximate surface area is 347 Å². The van der Waals surface area contributed by atoms with E-state index in [-0.39, 0.29) is 56.4 Å². The fourth-order valence-electron chi connectivity index (χ4n) is 5.77. The largest absolute Gasteiger partial charge is 0.480 e. The average molecular weight is 832 g/mol. The molecule has 0 saturated carbocycles. The number of nitrogens with zero attached hydrogens (tertiary/aromatic N) is 1. The van der Waals surface area contributed by atoms with Crippen molar-refractivity contribution in [1.29, 1.82) is 0 Å². The standard InChI is InChI=1S/C40H69N11O8/c1-25(2)22-30(37(58)51-31(34(55)47-24-32(52)53)23-26-14-7-6-8-15-26)50-36(57)28(17-9-11-19-41)49-35(56)29(18-13-21-46-39(43)44)48-33(54)27(42)16-10-12-20-45-38(59)40(3,4)5/h6-8,14-15,25,27-31H,9-13,16-24,41-42H2,1-5H3,(H,45,59)(H,47,55)(H,48,54)(H,49,56)(H,50,57)(H,51,58)(H,52,53)(H4,43,44,46)/t27-,28-,29-,30-,31-/m0/s1. The molecule has 1 rings (SSSR count). The van der Waals surface area contributed by atoms with Crippen LogP contribution in [0.4, 0.5) is 0 Å². The van der Waals surface area contributed by atoms with E-state index in [1.54, 1.807) is 30.3 Å². The number of unbranched alkanes of at least 4 members (excludes halogenated alkanes) is 2. The third kappa shape index (κ3) is 22.4. The predicted octanol–water partition coefficient (Wildman–Crippen LogP) is -0.742. The number of hydrogen-bond donors (Lipinski definition) is 11. The van der Waals surface area contributed by atoms with Gasteiger partial charge in [0.2, 0.25) is 35.4 Å². The topological polar surface area (TPSA) is 328 Å². The first kappa shape index (κ1) is 51.7. The number of carbonyl (C=O) groups excluding carboxylic acids is 6. The minimum atomic E-state index is -1.26. The smallest absolute Gasteiger partial charge is 0.322 e. The van der Waals surface area contributed by atoms with E-state index in [9.17, 15) is 33.6 Å². The molecule has 0 aromatic heterocycles. The molecule has 1 aromatic carbocycles. The molecule has 59 heavy (non-hydrogen) atoms. The lowest BCUT2D eigenvalue weighted by atomic mass is 9.95. The number of carbonyl (C=O) groups is 7. The van der Waals surface area contributed by atoms with E-state index in [2.05, 4.69) is 36.9 Å². The molecule has 0 saturated heterocycles. The van der Waals surface area contributed by atoms with Gasteiger partial charge in [0.25, 0.3) is 0 Å². The van der Waals surface area contributed by atoms with Crippen molar-refractivity contribution in [2.75, 3.05) is 26.2 Å². The monoisotopic (exact) mass is 832 g/mol. The SMILES string of the molecule is CC(C)C[C@H](NC(=O)[C@H](CCCCN)NC(=O)[C@H](CCCN=C(N)N)NC(=O)[C@@H](N)CCCCNC(=O)C(C)(C)C)C(=O)N[C@@H](Cc1ccccc1)C(=O)NCC(=O)O. The zero-order valence-corrected chi connectivity index (χ0v) is 35.3. The maximum Gasteiger partial charge on any atom is 0.322 e. The van der Waals surface area contributed by atoms with Crippen molar-refractivity contribution in [2.24, 2.45) is 39.3 Å². The molecule has 0 fully saturated rings. The Morgan fingerprint density at radius 1 is 0.695 bits per heavy atom. The number of aliphatic carboxylic acids is 1. The van der Waals surface area contributed by atoms with Crippen LogP contribution in [0, 0.1) is 11.3 Å². The fraction of sp³-hybridized carbons (Fsp3) is 0.650. The third-order valence-electron chi connectivity index (χ3n) is 9.07. The van der Waals surface area contributed by atoms with Crippen LogP contribution >= 0.6 is 0 Å². The van der Waals surface area contributed by atoms with Crippen molar-refractivity contribution in [2.45, 2.75) is 129 Å². The number of benzene rings is 1. The molecule has 1 aromatic rings. The number of aliphatic imine (C=N–C) groups is 1. The maximum atomic E-state index is 14.0. The molecule has 0 aliphatic carbocycles. The highest BCUT2D eigenvalue weighted by molar-refractivity contribution is 5.96. The van der Waals surface area contributed by atoms with Crippen molar-refractivity contribution in [1.82, 2.24) is 31.9 Å². The Balaban J connectivity index is 3.21. The van der Waals surface area contributed by atoms with Gasteiger partial charge in [-0.25, -0.2) is 0 Å². The van der Waals surface area contributed by atoms with Gasteiger partial charge in [-0.05, 0) is 75.8 Å². The number of carboxylic acid groups (broad SMARTS) is 1. The Kier molecular flexibility index (Phi) is 24.0. The van der Waals surface area contributed by atoms with Gasteiger partial charge in [-0.15, -0.1) is 0 Å². The molecule has 15 N–H and O–H groups in total. The molecule has 5 atom stereocenters. The predicted molar refractivity (Wildman–Crippen MR) is 225 cm³/mol. The van der Waals surface area contributed by atoms with Crippen LogP contribution in [-0.4, -0.2) is 109 Å². The van der Waals surface area contributed by atoms with E-state index in [4.69, 9.17) is 28.0 Å². The molecule has 0 aliphatic heterocycles. The van der Waals surface area contributed by atoms with Crippen molar-refractivity contribution >= 4 is 47.4 Å². The summed E-state index contributed by atoms with van der Waals surface area (Å²) in [6, 6.07) is 3.28. The molecular formula is C40H69N11O8. The second kappa shape index (κ2) is 27.4. The highest BCUT2D eigenvalue weighted by Crippen LogP contribution is 2.13. The van der Waals surface area contributed by atoms with Gasteiger partial charge in [-0.3, -0.25) is 38.6 Å². The first-order valence-corrected chi connectivity index (χ1v) is 20.3. The molecule has 0 unspecified atom stereocenters. The molecular weight excluding hydrogens is 763 g/mol. The lowest BCUT2D eigenvalue weighted by molar-refractivity contribution is -0.138. The number of rotatable bonds is 28. The van der Waals surface area contributed by atoms with E-state index in [0.717, 1.165) is 0 Å². The van der Waals surface area contributed by atoms with Crippen LogP contribution in [0.2, 0.25) is 0 Å². The number of amides is 6. The average Bonchev–Trinajstić information content (AvgIpc) is 3.16. The quantitative estimate of drug-likeness (QED) is 0.0283. The van der Waals surface area contributed by atoms with Crippen LogP contribution in [0.3, 0.4) is 0 Å². The Morgan fingerprint density at radius 2 is 1.24 bits per heavy atom. The summed E-state index contributed by atoms with van der Waals surface area (Å²) >= 11 is 0. The van der Waals surface area contributed by atoms with Crippen LogP contribution in [-0.2, 0) is 40.0 Å². The van der Waals surface area contributed by atoms with E-state index >= 15 is 0 Å². The molecule has 6 amide bonds. The van der Waals surface area contributed by atoms with Crippen LogP contribution in [0.1, 0.15) is 98.0 Å². The molecule has 332 valence electrons. The van der Waals surface area contributed by atoms with Gasteiger partial charge in [-0.1, -0.05) is 65.0 Å². The highest BCUT2D eigenvalue weighted by Gasteiger charge is 2.32. The summed E-state index contributed by atoms with van der Waals surface area (Å²) in [5.41, 5.74) is 23.0. The summed E-state index contributed by atoms with van der Waals surface area (Å²) in [6.07, 6.45) is 3.16. The van der Waals surface area contributed by atoms with Crippen molar-refractivity contribution in [3.63, 3.8) is 0 Å². The Bertz CT molecular complexity index is 1530. The highest BCUT2D eigenvalue weighted by atomic mass is 16.4. The first-order chi connectivity index (χ1) is 27.7. The summed E-state index contributed by atoms with van der Waals surface area (Å²) < 4.78 is 0. The summed E-state index contributed by atoms with van der Waals surface area (Å²) in [7, 11) is 0. The second-order valence-corrected chi connectivity index (χ2v) is 16.0. The van der Waals surface area contributed by atoms with Gasteiger partial charge in [-0.2, -0.15) is 0 Å². The van der Waals surface area contributed by atoms with Crippen molar-refractivity contribution < 1.29 is 38.7 Å². The van der Waals surface area contributed by atoms with Gasteiger partial charge >= 0.3 is 5.97 Å². The Hall–Kier alpha value is -5.30. The van der Waals surface area contributed by atoms with Crippen molar-refractivity contribution in [3.05, 3.63) is 35.9 Å². The molecule has 0 bridgehead atoms. The summed E-state index contributed by atoms with van der Waals surface area (Å²) in [5, 5.41) is 25.1. The zero-order valence-electron chi connectivity index (χ0n) is 35.3. The Morgan fingerprint density at radius 3 is 1.80 bits per heavy atom. The van der Waals surface area contributed by atoms with Gasteiger partial charge in [0.15, 0.2) is 5.96 Å². The summed E-state index contributed by atoms with van der Waals surface area (Å²) in [4.78, 5) is 95.2. The minimum Gasteiger partial charge on any atom is -0.480 e. The van der Waals surface area contributed by atoms with Crippen molar-refractivity contribution in [3.8, 4) is 0 Å². The number of hydrogen-bond acceptors (Lipinski definition) is 10. The zero-order chi connectivity index (χ0) is 44.5. The van der Waals surface area contributed by atoms with Gasteiger partial charge < -0.3 is 59.9 Å². The molecule has 0 radical (unpaired) electrons. The molecule has 19 nitrogen and oxygen atoms in total. The number of guanidine groups is 1.